The van der Waals surface area contributed by atoms with E-state index in [1.54, 1.807) is 12.1 Å². The number of para-hydroxylation sites is 1. The molecule has 1 aromatic heterocycles. The standard InChI is InChI=1S/C13H10ClNO2/c1-2-6-15-8-11(16)12-7-9-4-3-5-10(14)13(9)17-12/h1,3-5,7,15H,6,8H2. The smallest absolute Gasteiger partial charge is 0.211 e. The van der Waals surface area contributed by atoms with Gasteiger partial charge in [-0.1, -0.05) is 29.7 Å². The minimum Gasteiger partial charge on any atom is -0.451 e. The van der Waals surface area contributed by atoms with Gasteiger partial charge in [0.2, 0.25) is 5.78 Å². The summed E-state index contributed by atoms with van der Waals surface area (Å²) in [6.45, 7) is 0.508. The number of carbonyl (C=O) groups excluding carboxylic acids is 1. The Morgan fingerprint density at radius 3 is 3.06 bits per heavy atom. The lowest BCUT2D eigenvalue weighted by Crippen LogP contribution is -2.22. The Morgan fingerprint density at radius 1 is 1.53 bits per heavy atom. The summed E-state index contributed by atoms with van der Waals surface area (Å²) in [4.78, 5) is 11.7. The van der Waals surface area contributed by atoms with E-state index in [1.807, 2.05) is 12.1 Å². The number of carbonyl (C=O) groups is 1. The summed E-state index contributed by atoms with van der Waals surface area (Å²) >= 11 is 5.95. The molecule has 0 aliphatic rings. The van der Waals surface area contributed by atoms with Crippen molar-refractivity contribution >= 4 is 28.4 Å². The SMILES string of the molecule is C#CCNCC(=O)c1cc2cccc(Cl)c2o1. The molecular weight excluding hydrogens is 238 g/mol. The minimum atomic E-state index is -0.146. The average Bonchev–Trinajstić information content (AvgIpc) is 2.75. The Balaban J connectivity index is 2.22. The molecule has 0 saturated carbocycles. The summed E-state index contributed by atoms with van der Waals surface area (Å²) in [5.74, 6) is 2.54. The molecule has 1 heterocycles. The highest BCUT2D eigenvalue weighted by Gasteiger charge is 2.13. The fraction of sp³-hybridized carbons (Fsp3) is 0.154. The molecule has 86 valence electrons. The highest BCUT2D eigenvalue weighted by atomic mass is 35.5. The quantitative estimate of drug-likeness (QED) is 0.513. The second-order valence-corrected chi connectivity index (χ2v) is 3.91. The maximum absolute atomic E-state index is 11.7. The van der Waals surface area contributed by atoms with Gasteiger partial charge in [0.1, 0.15) is 0 Å². The monoisotopic (exact) mass is 247 g/mol. The molecule has 0 unspecified atom stereocenters. The first-order valence-corrected chi connectivity index (χ1v) is 5.45. The molecule has 0 amide bonds. The maximum atomic E-state index is 11.7. The van der Waals surface area contributed by atoms with E-state index in [-0.39, 0.29) is 18.1 Å². The van der Waals surface area contributed by atoms with Crippen molar-refractivity contribution in [1.82, 2.24) is 5.32 Å². The number of rotatable bonds is 4. The van der Waals surface area contributed by atoms with E-state index >= 15 is 0 Å². The number of ketones is 1. The molecule has 0 saturated heterocycles. The van der Waals surface area contributed by atoms with Crippen LogP contribution < -0.4 is 5.32 Å². The van der Waals surface area contributed by atoms with Crippen molar-refractivity contribution in [2.75, 3.05) is 13.1 Å². The molecule has 0 bridgehead atoms. The number of halogens is 1. The van der Waals surface area contributed by atoms with Crippen LogP contribution in [0.1, 0.15) is 10.6 Å². The van der Waals surface area contributed by atoms with E-state index in [0.717, 1.165) is 5.39 Å². The number of nitrogens with one attached hydrogen (secondary N) is 1. The van der Waals surface area contributed by atoms with Gasteiger partial charge in [-0.25, -0.2) is 0 Å². The first-order valence-electron chi connectivity index (χ1n) is 5.08. The fourth-order valence-electron chi connectivity index (χ4n) is 1.50. The van der Waals surface area contributed by atoms with Crippen molar-refractivity contribution in [3.05, 3.63) is 35.0 Å². The molecule has 3 nitrogen and oxygen atoms in total. The van der Waals surface area contributed by atoms with E-state index in [9.17, 15) is 4.79 Å². The number of hydrogen-bond acceptors (Lipinski definition) is 3. The molecule has 0 spiro atoms. The van der Waals surface area contributed by atoms with Crippen LogP contribution in [0.4, 0.5) is 0 Å². The Labute approximate surface area is 104 Å². The summed E-state index contributed by atoms with van der Waals surface area (Å²) < 4.78 is 5.42. The van der Waals surface area contributed by atoms with Crippen molar-refractivity contribution in [2.45, 2.75) is 0 Å². The van der Waals surface area contributed by atoms with Crippen LogP contribution in [0.3, 0.4) is 0 Å². The van der Waals surface area contributed by atoms with Crippen LogP contribution in [-0.2, 0) is 0 Å². The zero-order valence-corrected chi connectivity index (χ0v) is 9.75. The molecule has 1 aromatic carbocycles. The van der Waals surface area contributed by atoms with E-state index in [0.29, 0.717) is 17.2 Å². The van der Waals surface area contributed by atoms with Crippen LogP contribution in [0.15, 0.2) is 28.7 Å². The fourth-order valence-corrected chi connectivity index (χ4v) is 1.72. The molecule has 4 heteroatoms. The van der Waals surface area contributed by atoms with Gasteiger partial charge < -0.3 is 4.42 Å². The first kappa shape index (κ1) is 11.7. The predicted octanol–water partition coefficient (Wildman–Crippen LogP) is 2.49. The van der Waals surface area contributed by atoms with Crippen molar-refractivity contribution in [2.24, 2.45) is 0 Å². The second kappa shape index (κ2) is 5.05. The average molecular weight is 248 g/mol. The van der Waals surface area contributed by atoms with E-state index in [2.05, 4.69) is 11.2 Å². The molecule has 0 fully saturated rings. The van der Waals surface area contributed by atoms with Gasteiger partial charge >= 0.3 is 0 Å². The van der Waals surface area contributed by atoms with Crippen LogP contribution >= 0.6 is 11.6 Å². The number of terminal acetylenes is 1. The van der Waals surface area contributed by atoms with Gasteiger partial charge in [-0.05, 0) is 12.1 Å². The summed E-state index contributed by atoms with van der Waals surface area (Å²) in [6.07, 6.45) is 5.07. The molecule has 2 aromatic rings. The number of hydrogen-bond donors (Lipinski definition) is 1. The van der Waals surface area contributed by atoms with Gasteiger partial charge in [-0.3, -0.25) is 10.1 Å². The lowest BCUT2D eigenvalue weighted by atomic mass is 10.2. The second-order valence-electron chi connectivity index (χ2n) is 3.50. The Bertz CT molecular complexity index is 595. The number of fused-ring (bicyclic) bond motifs is 1. The van der Waals surface area contributed by atoms with Gasteiger partial charge in [-0.2, -0.15) is 0 Å². The largest absolute Gasteiger partial charge is 0.451 e. The lowest BCUT2D eigenvalue weighted by molar-refractivity contribution is 0.0968. The van der Waals surface area contributed by atoms with Crippen LogP contribution in [0.2, 0.25) is 5.02 Å². The summed E-state index contributed by atoms with van der Waals surface area (Å²) in [6, 6.07) is 7.06. The van der Waals surface area contributed by atoms with Crippen LogP contribution in [-0.4, -0.2) is 18.9 Å². The number of Topliss-reactive ketones (excluding diaryl/α,β-unsaturated/α-hetero) is 1. The van der Waals surface area contributed by atoms with Gasteiger partial charge in [0.25, 0.3) is 0 Å². The number of furan rings is 1. The third-order valence-corrected chi connectivity index (χ3v) is 2.58. The molecule has 1 N–H and O–H groups in total. The van der Waals surface area contributed by atoms with E-state index < -0.39 is 0 Å². The zero-order valence-electron chi connectivity index (χ0n) is 9.00. The highest BCUT2D eigenvalue weighted by molar-refractivity contribution is 6.34. The summed E-state index contributed by atoms with van der Waals surface area (Å²) in [5.41, 5.74) is 0.537. The Hall–Kier alpha value is -1.76. The van der Waals surface area contributed by atoms with Crippen molar-refractivity contribution in [1.29, 1.82) is 0 Å². The van der Waals surface area contributed by atoms with Crippen molar-refractivity contribution < 1.29 is 9.21 Å². The topological polar surface area (TPSA) is 42.2 Å². The van der Waals surface area contributed by atoms with Gasteiger partial charge in [0.05, 0.1) is 18.1 Å². The predicted molar refractivity (Wildman–Crippen MR) is 67.3 cm³/mol. The molecule has 2 rings (SSSR count). The molecule has 0 atom stereocenters. The molecule has 0 radical (unpaired) electrons. The normalized spacial score (nSPS) is 10.4. The van der Waals surface area contributed by atoms with Crippen LogP contribution in [0.25, 0.3) is 11.0 Å². The lowest BCUT2D eigenvalue weighted by Gasteiger charge is -1.96. The molecular formula is C13H10ClNO2. The number of benzene rings is 1. The molecule has 0 aliphatic heterocycles. The third kappa shape index (κ3) is 2.50. The van der Waals surface area contributed by atoms with Gasteiger partial charge in [0.15, 0.2) is 11.3 Å². The van der Waals surface area contributed by atoms with E-state index in [1.165, 1.54) is 0 Å². The first-order chi connectivity index (χ1) is 8.22. The van der Waals surface area contributed by atoms with Gasteiger partial charge in [-0.15, -0.1) is 6.42 Å². The minimum absolute atomic E-state index is 0.146. The summed E-state index contributed by atoms with van der Waals surface area (Å²) in [5, 5.41) is 4.13. The van der Waals surface area contributed by atoms with Crippen molar-refractivity contribution in [3.8, 4) is 12.3 Å². The van der Waals surface area contributed by atoms with E-state index in [4.69, 9.17) is 22.4 Å². The maximum Gasteiger partial charge on any atom is 0.211 e. The van der Waals surface area contributed by atoms with Crippen LogP contribution in [0, 0.1) is 12.3 Å². The van der Waals surface area contributed by atoms with Crippen molar-refractivity contribution in [3.63, 3.8) is 0 Å². The third-order valence-electron chi connectivity index (χ3n) is 2.28. The Kier molecular flexibility index (Phi) is 3.48. The van der Waals surface area contributed by atoms with Crippen LogP contribution in [0.5, 0.6) is 0 Å². The van der Waals surface area contributed by atoms with Gasteiger partial charge in [0, 0.05) is 5.39 Å². The Morgan fingerprint density at radius 2 is 2.35 bits per heavy atom. The highest BCUT2D eigenvalue weighted by Crippen LogP contribution is 2.26. The summed E-state index contributed by atoms with van der Waals surface area (Å²) in [7, 11) is 0. The molecule has 17 heavy (non-hydrogen) atoms. The molecule has 0 aliphatic carbocycles. The zero-order chi connectivity index (χ0) is 12.3.